The second-order valence-electron chi connectivity index (χ2n) is 7.26. The van der Waals surface area contributed by atoms with Crippen LogP contribution in [0.1, 0.15) is 18.4 Å². The molecule has 2 heterocycles. The van der Waals surface area contributed by atoms with E-state index < -0.39 is 0 Å². The molecule has 1 aliphatic heterocycles. The molecular formula is C22H24ClN3O2S. The second-order valence-corrected chi connectivity index (χ2v) is 8.70. The van der Waals surface area contributed by atoms with E-state index in [1.807, 2.05) is 42.5 Å². The largest absolute Gasteiger partial charge is 0.497 e. The third kappa shape index (κ3) is 4.82. The Bertz CT molecular complexity index is 981. The van der Waals surface area contributed by atoms with Crippen molar-refractivity contribution >= 4 is 44.2 Å². The van der Waals surface area contributed by atoms with E-state index in [2.05, 4.69) is 10.2 Å². The Labute approximate surface area is 179 Å². The maximum Gasteiger partial charge on any atom is 0.223 e. The monoisotopic (exact) mass is 429 g/mol. The summed E-state index contributed by atoms with van der Waals surface area (Å²) in [5.74, 6) is 1.08. The van der Waals surface area contributed by atoms with Crippen molar-refractivity contribution in [2.75, 3.05) is 31.6 Å². The van der Waals surface area contributed by atoms with Crippen molar-refractivity contribution in [1.29, 1.82) is 0 Å². The van der Waals surface area contributed by atoms with Gasteiger partial charge in [-0.1, -0.05) is 35.1 Å². The molecule has 29 heavy (non-hydrogen) atoms. The minimum Gasteiger partial charge on any atom is -0.497 e. The molecule has 0 atom stereocenters. The van der Waals surface area contributed by atoms with E-state index in [0.29, 0.717) is 6.54 Å². The van der Waals surface area contributed by atoms with Crippen molar-refractivity contribution in [3.8, 4) is 5.75 Å². The Morgan fingerprint density at radius 3 is 2.72 bits per heavy atom. The highest BCUT2D eigenvalue weighted by atomic mass is 35.5. The van der Waals surface area contributed by atoms with Gasteiger partial charge in [0.15, 0.2) is 5.13 Å². The number of hydrogen-bond acceptors (Lipinski definition) is 5. The van der Waals surface area contributed by atoms with Crippen molar-refractivity contribution in [2.24, 2.45) is 5.92 Å². The topological polar surface area (TPSA) is 54.5 Å². The number of fused-ring (bicyclic) bond motifs is 1. The van der Waals surface area contributed by atoms with E-state index in [-0.39, 0.29) is 11.8 Å². The molecule has 0 saturated carbocycles. The molecule has 1 aromatic heterocycles. The first-order valence-electron chi connectivity index (χ1n) is 9.84. The highest BCUT2D eigenvalue weighted by molar-refractivity contribution is 7.22. The van der Waals surface area contributed by atoms with E-state index >= 15 is 0 Å². The second kappa shape index (κ2) is 9.01. The Morgan fingerprint density at radius 2 is 2.00 bits per heavy atom. The molecule has 0 unspecified atom stereocenters. The van der Waals surface area contributed by atoms with Crippen molar-refractivity contribution in [2.45, 2.75) is 19.3 Å². The smallest absolute Gasteiger partial charge is 0.223 e. The molecule has 0 bridgehead atoms. The lowest BCUT2D eigenvalue weighted by molar-refractivity contribution is -0.125. The lowest BCUT2D eigenvalue weighted by Gasteiger charge is -2.31. The number of thiazole rings is 1. The number of nitrogens with one attached hydrogen (secondary N) is 1. The van der Waals surface area contributed by atoms with Gasteiger partial charge in [-0.2, -0.15) is 0 Å². The fourth-order valence-electron chi connectivity index (χ4n) is 3.61. The molecule has 0 radical (unpaired) electrons. The first-order chi connectivity index (χ1) is 14.1. The van der Waals surface area contributed by atoms with E-state index in [4.69, 9.17) is 21.3 Å². The highest BCUT2D eigenvalue weighted by Gasteiger charge is 2.26. The number of nitrogens with zero attached hydrogens (tertiary/aromatic N) is 2. The van der Waals surface area contributed by atoms with E-state index in [0.717, 1.165) is 58.5 Å². The molecule has 0 spiro atoms. The zero-order valence-electron chi connectivity index (χ0n) is 16.4. The summed E-state index contributed by atoms with van der Waals surface area (Å²) in [6, 6.07) is 13.7. The molecule has 5 nitrogen and oxygen atoms in total. The Balaban J connectivity index is 1.27. The van der Waals surface area contributed by atoms with Gasteiger partial charge in [0.05, 0.1) is 17.3 Å². The molecule has 152 valence electrons. The molecular weight excluding hydrogens is 406 g/mol. The third-order valence-corrected chi connectivity index (χ3v) is 6.68. The summed E-state index contributed by atoms with van der Waals surface area (Å²) in [6.07, 6.45) is 2.52. The van der Waals surface area contributed by atoms with Gasteiger partial charge in [-0.15, -0.1) is 0 Å². The molecule has 4 rings (SSSR count). The zero-order chi connectivity index (χ0) is 20.2. The van der Waals surface area contributed by atoms with Gasteiger partial charge >= 0.3 is 0 Å². The summed E-state index contributed by atoms with van der Waals surface area (Å²) in [5.41, 5.74) is 2.17. The molecule has 1 saturated heterocycles. The summed E-state index contributed by atoms with van der Waals surface area (Å²) >= 11 is 7.59. The predicted octanol–water partition coefficient (Wildman–Crippen LogP) is 4.53. The Morgan fingerprint density at radius 1 is 1.24 bits per heavy atom. The average molecular weight is 430 g/mol. The fraction of sp³-hybridized carbons (Fsp3) is 0.364. The number of amides is 1. The summed E-state index contributed by atoms with van der Waals surface area (Å²) in [6.45, 7) is 2.36. The van der Waals surface area contributed by atoms with Crippen molar-refractivity contribution in [1.82, 2.24) is 10.3 Å². The summed E-state index contributed by atoms with van der Waals surface area (Å²) in [5, 5.41) is 4.84. The van der Waals surface area contributed by atoms with Crippen LogP contribution < -0.4 is 15.0 Å². The minimum absolute atomic E-state index is 0.0749. The maximum atomic E-state index is 12.5. The van der Waals surface area contributed by atoms with Gasteiger partial charge in [0.1, 0.15) is 5.75 Å². The van der Waals surface area contributed by atoms with Crippen LogP contribution in [0.25, 0.3) is 10.2 Å². The molecule has 1 N–H and O–H groups in total. The average Bonchev–Trinajstić information content (AvgIpc) is 3.18. The van der Waals surface area contributed by atoms with Gasteiger partial charge < -0.3 is 15.0 Å². The minimum atomic E-state index is 0.0749. The number of anilines is 1. The molecule has 3 aromatic rings. The number of carbonyl (C=O) groups is 1. The van der Waals surface area contributed by atoms with E-state index in [1.165, 1.54) is 5.56 Å². The fourth-order valence-corrected chi connectivity index (χ4v) is 4.79. The summed E-state index contributed by atoms with van der Waals surface area (Å²) in [7, 11) is 1.68. The van der Waals surface area contributed by atoms with Crippen LogP contribution in [0.4, 0.5) is 5.13 Å². The van der Waals surface area contributed by atoms with Crippen molar-refractivity contribution < 1.29 is 9.53 Å². The van der Waals surface area contributed by atoms with Gasteiger partial charge in [0.25, 0.3) is 0 Å². The third-order valence-electron chi connectivity index (χ3n) is 5.35. The zero-order valence-corrected chi connectivity index (χ0v) is 17.9. The van der Waals surface area contributed by atoms with E-state index in [9.17, 15) is 4.79 Å². The van der Waals surface area contributed by atoms with Crippen LogP contribution in [-0.2, 0) is 11.2 Å². The Hall–Kier alpha value is -2.31. The molecule has 0 aliphatic carbocycles. The number of methoxy groups -OCH3 is 1. The van der Waals surface area contributed by atoms with Crippen LogP contribution in [0, 0.1) is 5.92 Å². The molecule has 1 fully saturated rings. The molecule has 7 heteroatoms. The van der Waals surface area contributed by atoms with Gasteiger partial charge in [-0.05, 0) is 55.2 Å². The first-order valence-corrected chi connectivity index (χ1v) is 11.0. The lowest BCUT2D eigenvalue weighted by Crippen LogP contribution is -2.41. The first kappa shape index (κ1) is 20.0. The quantitative estimate of drug-likeness (QED) is 0.625. The highest BCUT2D eigenvalue weighted by Crippen LogP contribution is 2.33. The van der Waals surface area contributed by atoms with Crippen LogP contribution >= 0.6 is 22.9 Å². The predicted molar refractivity (Wildman–Crippen MR) is 119 cm³/mol. The number of halogens is 1. The van der Waals surface area contributed by atoms with Crippen LogP contribution in [0.2, 0.25) is 5.02 Å². The number of hydrogen-bond donors (Lipinski definition) is 1. The lowest BCUT2D eigenvalue weighted by atomic mass is 9.96. The number of ether oxygens (including phenoxy) is 1. The van der Waals surface area contributed by atoms with Crippen LogP contribution in [0.3, 0.4) is 0 Å². The van der Waals surface area contributed by atoms with E-state index in [1.54, 1.807) is 18.4 Å². The standard InChI is InChI=1S/C22H24ClN3O2S/c1-28-18-6-7-19-20(14-18)29-22(25-19)26-12-9-16(10-13-26)21(27)24-11-8-15-2-4-17(23)5-3-15/h2-7,14,16H,8-13H2,1H3,(H,24,27). The SMILES string of the molecule is COc1ccc2nc(N3CCC(C(=O)NCCc4ccc(Cl)cc4)CC3)sc2c1. The number of rotatable bonds is 6. The van der Waals surface area contributed by atoms with Gasteiger partial charge in [0, 0.05) is 30.6 Å². The number of piperidine rings is 1. The Kier molecular flexibility index (Phi) is 6.21. The summed E-state index contributed by atoms with van der Waals surface area (Å²) in [4.78, 5) is 19.6. The molecule has 2 aromatic carbocycles. The summed E-state index contributed by atoms with van der Waals surface area (Å²) < 4.78 is 6.42. The number of aromatic nitrogens is 1. The van der Waals surface area contributed by atoms with Gasteiger partial charge in [-0.3, -0.25) is 4.79 Å². The molecule has 1 amide bonds. The number of benzene rings is 2. The molecule has 1 aliphatic rings. The van der Waals surface area contributed by atoms with Gasteiger partial charge in [0.2, 0.25) is 5.91 Å². The van der Waals surface area contributed by atoms with Crippen molar-refractivity contribution in [3.63, 3.8) is 0 Å². The van der Waals surface area contributed by atoms with Crippen LogP contribution in [0.15, 0.2) is 42.5 Å². The van der Waals surface area contributed by atoms with Crippen LogP contribution in [0.5, 0.6) is 5.75 Å². The van der Waals surface area contributed by atoms with Crippen LogP contribution in [-0.4, -0.2) is 37.6 Å². The van der Waals surface area contributed by atoms with Crippen molar-refractivity contribution in [3.05, 3.63) is 53.1 Å². The maximum absolute atomic E-state index is 12.5. The number of carbonyl (C=O) groups excluding carboxylic acids is 1. The normalized spacial score (nSPS) is 14.9. The van der Waals surface area contributed by atoms with Gasteiger partial charge in [-0.25, -0.2) is 4.98 Å².